The average molecular weight is 353 g/mol. The van der Waals surface area contributed by atoms with E-state index < -0.39 is 52.4 Å². The minimum Gasteiger partial charge on any atom is -0.454 e. The molecule has 25 heavy (non-hydrogen) atoms. The monoisotopic (exact) mass is 353 g/mol. The molecule has 2 N–H and O–H groups in total. The second-order valence-corrected chi connectivity index (χ2v) is 5.09. The molecular weight excluding hydrogens is 340 g/mol. The summed E-state index contributed by atoms with van der Waals surface area (Å²) in [5.41, 5.74) is 2.81. The van der Waals surface area contributed by atoms with E-state index in [0.717, 1.165) is 23.7 Å². The summed E-state index contributed by atoms with van der Waals surface area (Å²) in [6.45, 7) is -0.909. The molecule has 0 aliphatic heterocycles. The Kier molecular flexibility index (Phi) is 4.82. The number of carbonyl (C=O) groups excluding carboxylic acids is 2. The third-order valence-corrected chi connectivity index (χ3v) is 3.47. The van der Waals surface area contributed by atoms with Gasteiger partial charge in [0.15, 0.2) is 6.61 Å². The minimum atomic E-state index is -1.22. The fourth-order valence-electron chi connectivity index (χ4n) is 2.06. The number of anilines is 1. The largest absolute Gasteiger partial charge is 0.454 e. The van der Waals surface area contributed by atoms with Gasteiger partial charge in [0.2, 0.25) is 5.78 Å². The van der Waals surface area contributed by atoms with Crippen molar-refractivity contribution in [1.82, 2.24) is 9.13 Å². The second-order valence-electron chi connectivity index (χ2n) is 5.09. The standard InChI is InChI=1S/C15H13F2N3O5/c1-19-12(18)11(13(22)20(2)15(19)24)10(21)6-25-14(23)8-4-3-7(16)5-9(8)17/h3-5H,6,18H2,1-2H3. The fraction of sp³-hybridized carbons (Fsp3) is 0.200. The zero-order chi connectivity index (χ0) is 18.9. The maximum Gasteiger partial charge on any atom is 0.341 e. The van der Waals surface area contributed by atoms with Gasteiger partial charge in [-0.25, -0.2) is 18.4 Å². The Labute approximate surface area is 139 Å². The summed E-state index contributed by atoms with van der Waals surface area (Å²) in [6, 6.07) is 2.19. The van der Waals surface area contributed by atoms with Gasteiger partial charge in [0.1, 0.15) is 23.0 Å². The number of ether oxygens (including phenoxy) is 1. The number of hydrogen-bond donors (Lipinski definition) is 1. The lowest BCUT2D eigenvalue weighted by Gasteiger charge is -2.11. The molecule has 0 saturated heterocycles. The number of aromatic nitrogens is 2. The first-order chi connectivity index (χ1) is 11.6. The summed E-state index contributed by atoms with van der Waals surface area (Å²) in [4.78, 5) is 47.6. The zero-order valence-electron chi connectivity index (χ0n) is 13.2. The van der Waals surface area contributed by atoms with Crippen LogP contribution in [-0.2, 0) is 18.8 Å². The van der Waals surface area contributed by atoms with Gasteiger partial charge in [-0.05, 0) is 12.1 Å². The molecule has 0 aliphatic carbocycles. The van der Waals surface area contributed by atoms with Gasteiger partial charge in [-0.1, -0.05) is 0 Å². The molecule has 0 amide bonds. The second kappa shape index (κ2) is 6.67. The summed E-state index contributed by atoms with van der Waals surface area (Å²) in [5.74, 6) is -4.61. The van der Waals surface area contributed by atoms with Crippen molar-refractivity contribution in [2.24, 2.45) is 14.1 Å². The molecule has 0 aliphatic rings. The van der Waals surface area contributed by atoms with Gasteiger partial charge in [0.05, 0.1) is 5.56 Å². The van der Waals surface area contributed by atoms with Crippen molar-refractivity contribution in [3.8, 4) is 0 Å². The fourth-order valence-corrected chi connectivity index (χ4v) is 2.06. The Hall–Kier alpha value is -3.30. The van der Waals surface area contributed by atoms with E-state index in [0.29, 0.717) is 10.6 Å². The Morgan fingerprint density at radius 1 is 1.16 bits per heavy atom. The molecule has 0 fully saturated rings. The molecule has 0 radical (unpaired) electrons. The van der Waals surface area contributed by atoms with Crippen LogP contribution in [0.1, 0.15) is 20.7 Å². The Morgan fingerprint density at radius 2 is 1.80 bits per heavy atom. The molecule has 10 heteroatoms. The van der Waals surface area contributed by atoms with Crippen molar-refractivity contribution in [1.29, 1.82) is 0 Å². The summed E-state index contributed by atoms with van der Waals surface area (Å²) < 4.78 is 32.5. The van der Waals surface area contributed by atoms with Gasteiger partial charge in [0.25, 0.3) is 5.56 Å². The number of nitrogen functional groups attached to an aromatic ring is 1. The molecule has 0 spiro atoms. The quantitative estimate of drug-likeness (QED) is 0.611. The first-order valence-electron chi connectivity index (χ1n) is 6.86. The van der Waals surface area contributed by atoms with Crippen molar-refractivity contribution >= 4 is 17.6 Å². The summed E-state index contributed by atoms with van der Waals surface area (Å²) in [6.07, 6.45) is 0. The maximum atomic E-state index is 13.5. The Bertz CT molecular complexity index is 994. The third-order valence-electron chi connectivity index (χ3n) is 3.47. The predicted octanol–water partition coefficient (Wildman–Crippen LogP) is -0.0159. The van der Waals surface area contributed by atoms with Crippen LogP contribution >= 0.6 is 0 Å². The van der Waals surface area contributed by atoms with Gasteiger partial charge in [-0.2, -0.15) is 0 Å². The number of Topliss-reactive ketones (excluding diaryl/α,β-unsaturated/α-hetero) is 1. The van der Waals surface area contributed by atoms with Gasteiger partial charge in [0, 0.05) is 20.2 Å². The number of esters is 1. The normalized spacial score (nSPS) is 10.6. The van der Waals surface area contributed by atoms with E-state index in [9.17, 15) is 28.0 Å². The highest BCUT2D eigenvalue weighted by atomic mass is 19.1. The lowest BCUT2D eigenvalue weighted by molar-refractivity contribution is 0.0469. The van der Waals surface area contributed by atoms with Crippen LogP contribution in [-0.4, -0.2) is 27.5 Å². The number of carbonyl (C=O) groups is 2. The summed E-state index contributed by atoms with van der Waals surface area (Å²) >= 11 is 0. The topological polar surface area (TPSA) is 113 Å². The summed E-state index contributed by atoms with van der Waals surface area (Å²) in [7, 11) is 2.41. The van der Waals surface area contributed by atoms with E-state index in [1.165, 1.54) is 7.05 Å². The van der Waals surface area contributed by atoms with Crippen LogP contribution < -0.4 is 17.0 Å². The highest BCUT2D eigenvalue weighted by Gasteiger charge is 2.22. The lowest BCUT2D eigenvalue weighted by atomic mass is 10.2. The molecule has 0 saturated carbocycles. The van der Waals surface area contributed by atoms with Crippen LogP contribution in [0.5, 0.6) is 0 Å². The molecular formula is C15H13F2N3O5. The average Bonchev–Trinajstić information content (AvgIpc) is 2.56. The van der Waals surface area contributed by atoms with Gasteiger partial charge in [-0.15, -0.1) is 0 Å². The predicted molar refractivity (Wildman–Crippen MR) is 82.3 cm³/mol. The van der Waals surface area contributed by atoms with Crippen molar-refractivity contribution < 1.29 is 23.1 Å². The van der Waals surface area contributed by atoms with Crippen LogP contribution in [0.25, 0.3) is 0 Å². The highest BCUT2D eigenvalue weighted by molar-refractivity contribution is 6.02. The molecule has 2 aromatic rings. The van der Waals surface area contributed by atoms with Crippen molar-refractivity contribution in [3.05, 3.63) is 61.8 Å². The number of benzene rings is 1. The van der Waals surface area contributed by atoms with Crippen LogP contribution in [0, 0.1) is 11.6 Å². The van der Waals surface area contributed by atoms with Gasteiger partial charge in [-0.3, -0.25) is 18.7 Å². The van der Waals surface area contributed by atoms with Gasteiger partial charge >= 0.3 is 11.7 Å². The number of nitrogens with two attached hydrogens (primary N) is 1. The molecule has 8 nitrogen and oxygen atoms in total. The van der Waals surface area contributed by atoms with Crippen LogP contribution in [0.4, 0.5) is 14.6 Å². The van der Waals surface area contributed by atoms with E-state index in [1.54, 1.807) is 0 Å². The molecule has 132 valence electrons. The van der Waals surface area contributed by atoms with Crippen molar-refractivity contribution in [2.45, 2.75) is 0 Å². The molecule has 1 aromatic carbocycles. The minimum absolute atomic E-state index is 0.387. The number of halogens is 2. The first-order valence-corrected chi connectivity index (χ1v) is 6.86. The molecule has 0 atom stereocenters. The Balaban J connectivity index is 2.26. The van der Waals surface area contributed by atoms with E-state index in [-0.39, 0.29) is 5.82 Å². The molecule has 1 heterocycles. The van der Waals surface area contributed by atoms with Crippen LogP contribution in [0.15, 0.2) is 27.8 Å². The van der Waals surface area contributed by atoms with Crippen molar-refractivity contribution in [3.63, 3.8) is 0 Å². The zero-order valence-corrected chi connectivity index (χ0v) is 13.2. The third kappa shape index (κ3) is 3.32. The smallest absolute Gasteiger partial charge is 0.341 e. The maximum absolute atomic E-state index is 13.5. The van der Waals surface area contributed by atoms with E-state index in [2.05, 4.69) is 4.74 Å². The number of hydrogen-bond acceptors (Lipinski definition) is 6. The SMILES string of the molecule is Cn1c(N)c(C(=O)COC(=O)c2ccc(F)cc2F)c(=O)n(C)c1=O. The molecule has 1 aromatic heterocycles. The van der Waals surface area contributed by atoms with Crippen LogP contribution in [0.2, 0.25) is 0 Å². The van der Waals surface area contributed by atoms with E-state index in [4.69, 9.17) is 5.73 Å². The van der Waals surface area contributed by atoms with Crippen molar-refractivity contribution in [2.75, 3.05) is 12.3 Å². The number of rotatable bonds is 4. The molecule has 0 bridgehead atoms. The van der Waals surface area contributed by atoms with E-state index >= 15 is 0 Å². The number of ketones is 1. The molecule has 0 unspecified atom stereocenters. The van der Waals surface area contributed by atoms with E-state index in [1.807, 2.05) is 0 Å². The summed E-state index contributed by atoms with van der Waals surface area (Å²) in [5, 5.41) is 0. The highest BCUT2D eigenvalue weighted by Crippen LogP contribution is 2.11. The Morgan fingerprint density at radius 3 is 2.40 bits per heavy atom. The molecule has 2 rings (SSSR count). The van der Waals surface area contributed by atoms with Gasteiger partial charge < -0.3 is 10.5 Å². The lowest BCUT2D eigenvalue weighted by Crippen LogP contribution is -2.42. The first kappa shape index (κ1) is 18.0. The number of nitrogens with zero attached hydrogens (tertiary/aromatic N) is 2. The van der Waals surface area contributed by atoms with Crippen LogP contribution in [0.3, 0.4) is 0 Å².